The molecule has 0 saturated carbocycles. The van der Waals surface area contributed by atoms with Gasteiger partial charge < -0.3 is 19.9 Å². The minimum atomic E-state index is -0.266. The lowest BCUT2D eigenvalue weighted by Gasteiger charge is -2.16. The van der Waals surface area contributed by atoms with Gasteiger partial charge in [-0.25, -0.2) is 4.39 Å². The molecule has 0 heterocycles. The van der Waals surface area contributed by atoms with E-state index in [4.69, 9.17) is 19.9 Å². The average Bonchev–Trinajstić information content (AvgIpc) is 2.39. The van der Waals surface area contributed by atoms with E-state index in [-0.39, 0.29) is 11.9 Å². The highest BCUT2D eigenvalue weighted by molar-refractivity contribution is 5.18. The largest absolute Gasteiger partial charge is 0.382 e. The molecule has 18 heavy (non-hydrogen) atoms. The minimum absolute atomic E-state index is 0.225. The normalized spacial score (nSPS) is 12.6. The molecule has 0 aliphatic rings. The molecule has 0 fully saturated rings. The molecule has 0 aromatic heterocycles. The van der Waals surface area contributed by atoms with Crippen LogP contribution >= 0.6 is 0 Å². The molecule has 5 heteroatoms. The number of nitrogens with two attached hydrogens (primary N) is 1. The van der Waals surface area contributed by atoms with Crippen LogP contribution in [0.5, 0.6) is 0 Å². The van der Waals surface area contributed by atoms with Gasteiger partial charge in [-0.3, -0.25) is 0 Å². The number of hydrogen-bond donors (Lipinski definition) is 1. The minimum Gasteiger partial charge on any atom is -0.382 e. The molecular weight excluding hydrogens is 237 g/mol. The summed E-state index contributed by atoms with van der Waals surface area (Å²) in [6, 6.07) is 6.16. The molecule has 0 spiro atoms. The van der Waals surface area contributed by atoms with Crippen molar-refractivity contribution in [3.8, 4) is 0 Å². The Hall–Kier alpha value is -1.01. The zero-order valence-electron chi connectivity index (χ0n) is 10.6. The van der Waals surface area contributed by atoms with Crippen LogP contribution in [0.1, 0.15) is 11.7 Å². The topological polar surface area (TPSA) is 53.7 Å². The van der Waals surface area contributed by atoms with Crippen molar-refractivity contribution in [3.63, 3.8) is 0 Å². The zero-order chi connectivity index (χ0) is 13.2. The highest BCUT2D eigenvalue weighted by Gasteiger charge is 2.09. The third kappa shape index (κ3) is 5.55. The Labute approximate surface area is 107 Å². The first-order chi connectivity index (χ1) is 8.77. The maximum Gasteiger partial charge on any atom is 0.123 e. The van der Waals surface area contributed by atoms with Crippen molar-refractivity contribution < 1.29 is 18.6 Å². The number of methoxy groups -OCH3 is 1. The van der Waals surface area contributed by atoms with Gasteiger partial charge in [-0.15, -0.1) is 0 Å². The third-order valence-electron chi connectivity index (χ3n) is 2.43. The molecule has 0 radical (unpaired) electrons. The maximum atomic E-state index is 12.8. The van der Waals surface area contributed by atoms with Crippen molar-refractivity contribution >= 4 is 0 Å². The molecule has 2 N–H and O–H groups in total. The van der Waals surface area contributed by atoms with E-state index >= 15 is 0 Å². The van der Waals surface area contributed by atoms with Crippen LogP contribution in [0, 0.1) is 5.82 Å². The summed E-state index contributed by atoms with van der Waals surface area (Å²) >= 11 is 0. The summed E-state index contributed by atoms with van der Waals surface area (Å²) in [5.74, 6) is -0.266. The van der Waals surface area contributed by atoms with Crippen LogP contribution in [0.4, 0.5) is 4.39 Å². The van der Waals surface area contributed by atoms with E-state index in [9.17, 15) is 4.39 Å². The molecule has 1 unspecified atom stereocenters. The molecule has 1 aromatic carbocycles. The van der Waals surface area contributed by atoms with Crippen LogP contribution in [0.3, 0.4) is 0 Å². The molecule has 102 valence electrons. The lowest BCUT2D eigenvalue weighted by molar-refractivity contribution is -0.00424. The molecule has 1 aromatic rings. The first-order valence-electron chi connectivity index (χ1n) is 5.91. The van der Waals surface area contributed by atoms with E-state index in [1.165, 1.54) is 12.1 Å². The lowest BCUT2D eigenvalue weighted by Crippen LogP contribution is -2.18. The maximum absolute atomic E-state index is 12.8. The SMILES string of the molecule is COCCOCCOC(CN)c1ccc(F)cc1. The van der Waals surface area contributed by atoms with Crippen LogP contribution in [0.2, 0.25) is 0 Å². The summed E-state index contributed by atoms with van der Waals surface area (Å²) in [5, 5.41) is 0. The summed E-state index contributed by atoms with van der Waals surface area (Å²) < 4.78 is 28.5. The molecular formula is C13H20FNO3. The van der Waals surface area contributed by atoms with Crippen molar-refractivity contribution in [1.82, 2.24) is 0 Å². The van der Waals surface area contributed by atoms with Crippen LogP contribution in [0.25, 0.3) is 0 Å². The number of rotatable bonds is 9. The van der Waals surface area contributed by atoms with E-state index in [1.54, 1.807) is 19.2 Å². The zero-order valence-corrected chi connectivity index (χ0v) is 10.6. The van der Waals surface area contributed by atoms with Gasteiger partial charge in [0, 0.05) is 13.7 Å². The van der Waals surface area contributed by atoms with Crippen LogP contribution in [-0.4, -0.2) is 40.1 Å². The van der Waals surface area contributed by atoms with E-state index < -0.39 is 0 Å². The van der Waals surface area contributed by atoms with Gasteiger partial charge in [0.05, 0.1) is 32.5 Å². The Morgan fingerprint density at radius 3 is 2.39 bits per heavy atom. The lowest BCUT2D eigenvalue weighted by atomic mass is 10.1. The van der Waals surface area contributed by atoms with Crippen LogP contribution in [0.15, 0.2) is 24.3 Å². The summed E-state index contributed by atoms with van der Waals surface area (Å²) in [6.07, 6.45) is -0.225. The van der Waals surface area contributed by atoms with Crippen molar-refractivity contribution in [2.24, 2.45) is 5.73 Å². The molecule has 1 atom stereocenters. The van der Waals surface area contributed by atoms with Crippen LogP contribution in [-0.2, 0) is 14.2 Å². The number of ether oxygens (including phenoxy) is 3. The Balaban J connectivity index is 2.27. The van der Waals surface area contributed by atoms with Gasteiger partial charge in [-0.2, -0.15) is 0 Å². The quantitative estimate of drug-likeness (QED) is 0.681. The first kappa shape index (κ1) is 15.0. The average molecular weight is 257 g/mol. The summed E-state index contributed by atoms with van der Waals surface area (Å²) in [7, 11) is 1.62. The van der Waals surface area contributed by atoms with Gasteiger partial charge in [0.15, 0.2) is 0 Å². The standard InChI is InChI=1S/C13H20FNO3/c1-16-6-7-17-8-9-18-13(10-15)11-2-4-12(14)5-3-11/h2-5,13H,6-10,15H2,1H3. The van der Waals surface area contributed by atoms with E-state index in [0.29, 0.717) is 33.0 Å². The predicted molar refractivity (Wildman–Crippen MR) is 66.8 cm³/mol. The second-order valence-electron chi connectivity index (χ2n) is 3.75. The van der Waals surface area contributed by atoms with Crippen molar-refractivity contribution in [2.45, 2.75) is 6.10 Å². The smallest absolute Gasteiger partial charge is 0.123 e. The molecule has 0 aliphatic heterocycles. The molecule has 0 amide bonds. The molecule has 0 bridgehead atoms. The van der Waals surface area contributed by atoms with E-state index in [2.05, 4.69) is 0 Å². The fourth-order valence-corrected chi connectivity index (χ4v) is 1.47. The molecule has 1 rings (SSSR count). The first-order valence-corrected chi connectivity index (χ1v) is 5.91. The van der Waals surface area contributed by atoms with Gasteiger partial charge >= 0.3 is 0 Å². The Morgan fingerprint density at radius 2 is 1.78 bits per heavy atom. The summed E-state index contributed by atoms with van der Waals surface area (Å²) in [6.45, 7) is 2.40. The Kier molecular flexibility index (Phi) is 7.52. The summed E-state index contributed by atoms with van der Waals surface area (Å²) in [4.78, 5) is 0. The Bertz CT molecular complexity index is 319. The van der Waals surface area contributed by atoms with Crippen molar-refractivity contribution in [3.05, 3.63) is 35.6 Å². The van der Waals surface area contributed by atoms with Crippen molar-refractivity contribution in [2.75, 3.05) is 40.1 Å². The Morgan fingerprint density at radius 1 is 1.11 bits per heavy atom. The highest BCUT2D eigenvalue weighted by Crippen LogP contribution is 2.16. The predicted octanol–water partition coefficient (Wildman–Crippen LogP) is 1.51. The number of halogens is 1. The van der Waals surface area contributed by atoms with E-state index in [1.807, 2.05) is 0 Å². The monoisotopic (exact) mass is 257 g/mol. The molecule has 0 saturated heterocycles. The highest BCUT2D eigenvalue weighted by atomic mass is 19.1. The van der Waals surface area contributed by atoms with Gasteiger partial charge in [0.1, 0.15) is 5.82 Å². The van der Waals surface area contributed by atoms with Crippen LogP contribution < -0.4 is 5.73 Å². The summed E-state index contributed by atoms with van der Waals surface area (Å²) in [5.41, 5.74) is 6.50. The van der Waals surface area contributed by atoms with Gasteiger partial charge in [-0.1, -0.05) is 12.1 Å². The van der Waals surface area contributed by atoms with E-state index in [0.717, 1.165) is 5.56 Å². The fraction of sp³-hybridized carbons (Fsp3) is 0.538. The van der Waals surface area contributed by atoms with Gasteiger partial charge in [-0.05, 0) is 17.7 Å². The third-order valence-corrected chi connectivity index (χ3v) is 2.43. The number of hydrogen-bond acceptors (Lipinski definition) is 4. The van der Waals surface area contributed by atoms with Gasteiger partial charge in [0.25, 0.3) is 0 Å². The fourth-order valence-electron chi connectivity index (χ4n) is 1.47. The second-order valence-corrected chi connectivity index (χ2v) is 3.75. The second kappa shape index (κ2) is 8.99. The molecule has 0 aliphatic carbocycles. The molecule has 4 nitrogen and oxygen atoms in total. The number of benzene rings is 1. The van der Waals surface area contributed by atoms with Crippen molar-refractivity contribution in [1.29, 1.82) is 0 Å². The van der Waals surface area contributed by atoms with Gasteiger partial charge in [0.2, 0.25) is 0 Å².